The molecular formula is C41H70O14. The third-order valence-corrected chi connectivity index (χ3v) is 17.1. The van der Waals surface area contributed by atoms with E-state index in [-0.39, 0.29) is 35.7 Å². The van der Waals surface area contributed by atoms with E-state index in [2.05, 4.69) is 41.5 Å². The summed E-state index contributed by atoms with van der Waals surface area (Å²) in [6.07, 6.45) is -10.4. The van der Waals surface area contributed by atoms with Gasteiger partial charge in [0, 0.05) is 0 Å². The Morgan fingerprint density at radius 3 is 2.00 bits per heavy atom. The molecule has 3 heterocycles. The third-order valence-electron chi connectivity index (χ3n) is 17.1. The lowest BCUT2D eigenvalue weighted by Gasteiger charge is -2.72. The predicted molar refractivity (Wildman–Crippen MR) is 196 cm³/mol. The maximum atomic E-state index is 12.4. The lowest BCUT2D eigenvalue weighted by Crippen LogP contribution is -2.71. The fraction of sp³-hybridized carbons (Fsp3) is 1.00. The van der Waals surface area contributed by atoms with Gasteiger partial charge in [0.2, 0.25) is 0 Å². The highest BCUT2D eigenvalue weighted by molar-refractivity contribution is 5.22. The zero-order valence-corrected chi connectivity index (χ0v) is 34.0. The molecule has 4 saturated carbocycles. The molecule has 14 heteroatoms. The van der Waals surface area contributed by atoms with Crippen molar-refractivity contribution >= 4 is 0 Å². The topological polar surface area (TPSA) is 228 Å². The normalized spacial score (nSPS) is 57.7. The van der Waals surface area contributed by atoms with E-state index in [1.165, 1.54) is 0 Å². The average Bonchev–Trinajstić information content (AvgIpc) is 3.49. The van der Waals surface area contributed by atoms with Crippen LogP contribution in [0.2, 0.25) is 0 Å². The highest BCUT2D eigenvalue weighted by Crippen LogP contribution is 2.76. The number of ether oxygens (including phenoxy) is 5. The van der Waals surface area contributed by atoms with Crippen LogP contribution in [-0.4, -0.2) is 150 Å². The van der Waals surface area contributed by atoms with Crippen molar-refractivity contribution in [3.8, 4) is 0 Å². The van der Waals surface area contributed by atoms with E-state index in [0.29, 0.717) is 38.5 Å². The lowest BCUT2D eigenvalue weighted by atomic mass is 9.34. The molecule has 0 radical (unpaired) electrons. The zero-order valence-electron chi connectivity index (χ0n) is 34.0. The standard InChI is InChI=1S/C41H70O14/c1-36(2)25(45)10-12-38(5)24-15-20(43)27-19(41(8)14-11-26(46)37(3,4)55-41)9-13-39(27,6)40(24,7)16-22(33(36)38)52-35-32(30(49)29(48)23(17-42)53-35)54-34-31(50)28(47)21(44)18-51-34/h19-35,42-50H,9-18H2,1-8H3/t19-,20+,21+,22-,23+,24+,25-,26+,27-,28-,29+,30-,31+,32+,33-,34-,35+,38+,39+,40+,41-/m0/s1. The van der Waals surface area contributed by atoms with Gasteiger partial charge < -0.3 is 69.6 Å². The van der Waals surface area contributed by atoms with Gasteiger partial charge in [0.15, 0.2) is 12.6 Å². The van der Waals surface area contributed by atoms with E-state index in [1.807, 2.05) is 13.8 Å². The first-order valence-corrected chi connectivity index (χ1v) is 20.8. The van der Waals surface area contributed by atoms with Gasteiger partial charge in [0.1, 0.15) is 42.7 Å². The number of aliphatic hydroxyl groups is 9. The number of fused-ring (bicyclic) bond motifs is 5. The van der Waals surface area contributed by atoms with E-state index in [0.717, 1.165) is 12.8 Å². The molecule has 0 aromatic carbocycles. The molecule has 21 atom stereocenters. The van der Waals surface area contributed by atoms with Crippen LogP contribution in [0.3, 0.4) is 0 Å². The van der Waals surface area contributed by atoms with Crippen molar-refractivity contribution in [1.82, 2.24) is 0 Å². The van der Waals surface area contributed by atoms with Crippen LogP contribution >= 0.6 is 0 Å². The van der Waals surface area contributed by atoms with Crippen LogP contribution in [0.25, 0.3) is 0 Å². The predicted octanol–water partition coefficient (Wildman–Crippen LogP) is 0.970. The molecule has 0 amide bonds. The first kappa shape index (κ1) is 42.6. The van der Waals surface area contributed by atoms with Crippen molar-refractivity contribution in [1.29, 1.82) is 0 Å². The molecule has 9 N–H and O–H groups in total. The summed E-state index contributed by atoms with van der Waals surface area (Å²) >= 11 is 0. The van der Waals surface area contributed by atoms with Gasteiger partial charge in [0.05, 0.1) is 48.8 Å². The highest BCUT2D eigenvalue weighted by atomic mass is 16.8. The molecule has 7 rings (SSSR count). The molecule has 0 bridgehead atoms. The molecule has 318 valence electrons. The van der Waals surface area contributed by atoms with E-state index >= 15 is 0 Å². The minimum atomic E-state index is -1.68. The van der Waals surface area contributed by atoms with Crippen LogP contribution in [0.5, 0.6) is 0 Å². The van der Waals surface area contributed by atoms with Crippen molar-refractivity contribution in [2.45, 2.75) is 198 Å². The maximum absolute atomic E-state index is 12.4. The highest BCUT2D eigenvalue weighted by Gasteiger charge is 2.74. The maximum Gasteiger partial charge on any atom is 0.187 e. The summed E-state index contributed by atoms with van der Waals surface area (Å²) in [5.74, 6) is -0.260. The molecule has 0 spiro atoms. The second kappa shape index (κ2) is 14.3. The molecule has 7 aliphatic rings. The largest absolute Gasteiger partial charge is 0.394 e. The van der Waals surface area contributed by atoms with Crippen molar-refractivity contribution in [3.05, 3.63) is 0 Å². The Labute approximate surface area is 325 Å². The fourth-order valence-corrected chi connectivity index (χ4v) is 14.0. The summed E-state index contributed by atoms with van der Waals surface area (Å²) < 4.78 is 31.7. The second-order valence-corrected chi connectivity index (χ2v) is 20.7. The number of hydrogen-bond acceptors (Lipinski definition) is 14. The molecular weight excluding hydrogens is 716 g/mol. The quantitative estimate of drug-likeness (QED) is 0.171. The van der Waals surface area contributed by atoms with Crippen molar-refractivity contribution < 1.29 is 69.6 Å². The molecule has 3 aliphatic heterocycles. The van der Waals surface area contributed by atoms with Gasteiger partial charge >= 0.3 is 0 Å². The third kappa shape index (κ3) is 6.42. The van der Waals surface area contributed by atoms with Crippen LogP contribution in [0.15, 0.2) is 0 Å². The van der Waals surface area contributed by atoms with Crippen molar-refractivity contribution in [2.24, 2.45) is 45.3 Å². The number of hydrogen-bond donors (Lipinski definition) is 9. The van der Waals surface area contributed by atoms with Crippen LogP contribution < -0.4 is 0 Å². The van der Waals surface area contributed by atoms with E-state index in [9.17, 15) is 46.0 Å². The molecule has 14 nitrogen and oxygen atoms in total. The number of rotatable bonds is 6. The van der Waals surface area contributed by atoms with Gasteiger partial charge in [-0.05, 0) is 117 Å². The van der Waals surface area contributed by atoms with Gasteiger partial charge in [-0.25, -0.2) is 0 Å². The molecule has 0 aromatic rings. The minimum Gasteiger partial charge on any atom is -0.394 e. The van der Waals surface area contributed by atoms with Crippen LogP contribution in [0.1, 0.15) is 107 Å². The Bertz CT molecular complexity index is 1400. The van der Waals surface area contributed by atoms with E-state index < -0.39 is 114 Å². The zero-order chi connectivity index (χ0) is 40.4. The summed E-state index contributed by atoms with van der Waals surface area (Å²) in [6, 6.07) is 0. The Morgan fingerprint density at radius 2 is 1.35 bits per heavy atom. The second-order valence-electron chi connectivity index (χ2n) is 20.7. The van der Waals surface area contributed by atoms with Gasteiger partial charge in [0.25, 0.3) is 0 Å². The van der Waals surface area contributed by atoms with E-state index in [4.69, 9.17) is 23.7 Å². The molecule has 3 saturated heterocycles. The Balaban J connectivity index is 1.26. The molecule has 55 heavy (non-hydrogen) atoms. The summed E-state index contributed by atoms with van der Waals surface area (Å²) in [5.41, 5.74) is -3.12. The molecule has 4 aliphatic carbocycles. The molecule has 7 fully saturated rings. The number of aliphatic hydroxyl groups excluding tert-OH is 9. The SMILES string of the molecule is CC1(C)O[C@](C)([C@H]2CC[C@]3(C)[C@@H]2[C@H](O)C[C@@H]2[C@@]4(C)CC[C@H](O)C(C)(C)[C@@H]4[C@@H](O[C@@H]4O[C@H](CO)[C@@H](O)[C@H](O)[C@H]4O[C@@H]4OC[C@@H](O)[C@H](O)[C@H]4O)C[C@]23C)CC[C@H]1O. The van der Waals surface area contributed by atoms with Gasteiger partial charge in [-0.3, -0.25) is 0 Å². The summed E-state index contributed by atoms with van der Waals surface area (Å²) in [5, 5.41) is 98.7. The lowest BCUT2D eigenvalue weighted by molar-refractivity contribution is -0.377. The van der Waals surface area contributed by atoms with Gasteiger partial charge in [-0.1, -0.05) is 34.6 Å². The first-order valence-electron chi connectivity index (χ1n) is 20.8. The molecule has 0 aromatic heterocycles. The summed E-state index contributed by atoms with van der Waals surface area (Å²) in [7, 11) is 0. The van der Waals surface area contributed by atoms with Crippen LogP contribution in [-0.2, 0) is 23.7 Å². The summed E-state index contributed by atoms with van der Waals surface area (Å²) in [6.45, 7) is 16.1. The van der Waals surface area contributed by atoms with Crippen molar-refractivity contribution in [2.75, 3.05) is 13.2 Å². The average molecular weight is 787 g/mol. The molecule has 0 unspecified atom stereocenters. The monoisotopic (exact) mass is 786 g/mol. The van der Waals surface area contributed by atoms with Gasteiger partial charge in [-0.15, -0.1) is 0 Å². The van der Waals surface area contributed by atoms with Gasteiger partial charge in [-0.2, -0.15) is 0 Å². The van der Waals surface area contributed by atoms with Crippen LogP contribution in [0, 0.1) is 45.3 Å². The Hall–Kier alpha value is -0.560. The van der Waals surface area contributed by atoms with Crippen LogP contribution in [0.4, 0.5) is 0 Å². The Kier molecular flexibility index (Phi) is 11.1. The minimum absolute atomic E-state index is 0.0452. The smallest absolute Gasteiger partial charge is 0.187 e. The van der Waals surface area contributed by atoms with Crippen molar-refractivity contribution in [3.63, 3.8) is 0 Å². The fourth-order valence-electron chi connectivity index (χ4n) is 14.0. The first-order chi connectivity index (χ1) is 25.5. The Morgan fingerprint density at radius 1 is 0.673 bits per heavy atom. The van der Waals surface area contributed by atoms with E-state index in [1.54, 1.807) is 0 Å². The summed E-state index contributed by atoms with van der Waals surface area (Å²) in [4.78, 5) is 0.